The molecule has 4 heteroatoms. The normalized spacial score (nSPS) is 10.6. The van der Waals surface area contributed by atoms with Crippen LogP contribution < -0.4 is 4.74 Å². The van der Waals surface area contributed by atoms with E-state index in [9.17, 15) is 0 Å². The molecule has 18 heavy (non-hydrogen) atoms. The van der Waals surface area contributed by atoms with Crippen LogP contribution in [0, 0.1) is 0 Å². The van der Waals surface area contributed by atoms with Crippen molar-refractivity contribution < 1.29 is 9.84 Å². The van der Waals surface area contributed by atoms with Crippen molar-refractivity contribution in [3.63, 3.8) is 0 Å². The summed E-state index contributed by atoms with van der Waals surface area (Å²) in [6, 6.07) is 7.94. The Balaban J connectivity index is 2.22. The summed E-state index contributed by atoms with van der Waals surface area (Å²) in [5.74, 6) is 0.877. The zero-order chi connectivity index (χ0) is 12.8. The van der Waals surface area contributed by atoms with E-state index in [0.29, 0.717) is 13.0 Å². The summed E-state index contributed by atoms with van der Waals surface area (Å²) in [5, 5.41) is 13.1. The zero-order valence-corrected chi connectivity index (χ0v) is 10.5. The summed E-state index contributed by atoms with van der Waals surface area (Å²) in [6.45, 7) is 3.54. The van der Waals surface area contributed by atoms with Gasteiger partial charge < -0.3 is 9.84 Å². The van der Waals surface area contributed by atoms with Crippen molar-refractivity contribution in [1.82, 2.24) is 9.78 Å². The highest BCUT2D eigenvalue weighted by molar-refractivity contribution is 5.69. The molecule has 0 spiro atoms. The predicted molar refractivity (Wildman–Crippen MR) is 70.5 cm³/mol. The third-order valence-electron chi connectivity index (χ3n) is 2.68. The number of hydrogen-bond donors (Lipinski definition) is 1. The van der Waals surface area contributed by atoms with Gasteiger partial charge in [0.25, 0.3) is 0 Å². The number of aliphatic hydroxyl groups excluding tert-OH is 1. The monoisotopic (exact) mass is 246 g/mol. The molecule has 2 rings (SSSR count). The first-order valence-electron chi connectivity index (χ1n) is 6.20. The summed E-state index contributed by atoms with van der Waals surface area (Å²) in [7, 11) is 0. The number of aromatic nitrogens is 2. The molecule has 0 aliphatic carbocycles. The van der Waals surface area contributed by atoms with Crippen LogP contribution in [0.5, 0.6) is 5.75 Å². The number of hydrogen-bond acceptors (Lipinski definition) is 3. The van der Waals surface area contributed by atoms with Gasteiger partial charge in [-0.3, -0.25) is 4.68 Å². The summed E-state index contributed by atoms with van der Waals surface area (Å²) >= 11 is 0. The van der Waals surface area contributed by atoms with Gasteiger partial charge >= 0.3 is 0 Å². The van der Waals surface area contributed by atoms with E-state index in [0.717, 1.165) is 23.4 Å². The lowest BCUT2D eigenvalue weighted by atomic mass is 10.1. The van der Waals surface area contributed by atoms with Crippen molar-refractivity contribution in [2.24, 2.45) is 0 Å². The van der Waals surface area contributed by atoms with Gasteiger partial charge in [0.15, 0.2) is 0 Å². The molecular weight excluding hydrogens is 228 g/mol. The molecule has 1 aromatic heterocycles. The van der Waals surface area contributed by atoms with Crippen LogP contribution in [0.1, 0.15) is 13.3 Å². The van der Waals surface area contributed by atoms with E-state index in [1.165, 1.54) is 0 Å². The van der Waals surface area contributed by atoms with Crippen molar-refractivity contribution in [1.29, 1.82) is 0 Å². The highest BCUT2D eigenvalue weighted by Crippen LogP contribution is 2.29. The van der Waals surface area contributed by atoms with Crippen LogP contribution in [0.3, 0.4) is 0 Å². The van der Waals surface area contributed by atoms with Gasteiger partial charge in [0.05, 0.1) is 12.8 Å². The topological polar surface area (TPSA) is 47.3 Å². The Kier molecular flexibility index (Phi) is 4.36. The molecule has 0 aliphatic rings. The molecule has 0 amide bonds. The molecule has 0 saturated carbocycles. The number of ether oxygens (including phenoxy) is 1. The lowest BCUT2D eigenvalue weighted by Crippen LogP contribution is -1.99. The lowest BCUT2D eigenvalue weighted by molar-refractivity contribution is 0.277. The molecular formula is C14H18N2O2. The molecule has 1 aromatic carbocycles. The fourth-order valence-corrected chi connectivity index (χ4v) is 1.84. The molecule has 1 heterocycles. The quantitative estimate of drug-likeness (QED) is 0.851. The minimum atomic E-state index is 0.185. The number of rotatable bonds is 6. The number of para-hydroxylation sites is 1. The molecule has 0 bridgehead atoms. The van der Waals surface area contributed by atoms with Crippen molar-refractivity contribution >= 4 is 0 Å². The van der Waals surface area contributed by atoms with Gasteiger partial charge in [0, 0.05) is 30.5 Å². The summed E-state index contributed by atoms with van der Waals surface area (Å²) in [5.41, 5.74) is 2.09. The Labute approximate surface area is 107 Å². The zero-order valence-electron chi connectivity index (χ0n) is 10.5. The number of aliphatic hydroxyl groups is 1. The van der Waals surface area contributed by atoms with Gasteiger partial charge in [-0.05, 0) is 19.4 Å². The van der Waals surface area contributed by atoms with Crippen molar-refractivity contribution in [3.8, 4) is 16.9 Å². The van der Waals surface area contributed by atoms with E-state index in [1.54, 1.807) is 0 Å². The molecule has 0 aliphatic heterocycles. The minimum Gasteiger partial charge on any atom is -0.493 e. The van der Waals surface area contributed by atoms with E-state index in [2.05, 4.69) is 5.10 Å². The van der Waals surface area contributed by atoms with E-state index >= 15 is 0 Å². The second-order valence-electron chi connectivity index (χ2n) is 4.00. The average Bonchev–Trinajstić information content (AvgIpc) is 2.86. The third kappa shape index (κ3) is 2.90. The summed E-state index contributed by atoms with van der Waals surface area (Å²) in [6.07, 6.45) is 4.52. The standard InChI is InChI=1S/C14H18N2O2/c1-2-18-14-7-4-3-6-13(14)12-10-15-16(11-12)8-5-9-17/h3-4,6-7,10-11,17H,2,5,8-9H2,1H3. The molecule has 2 aromatic rings. The van der Waals surface area contributed by atoms with E-state index in [4.69, 9.17) is 9.84 Å². The van der Waals surface area contributed by atoms with Gasteiger partial charge in [-0.25, -0.2) is 0 Å². The lowest BCUT2D eigenvalue weighted by Gasteiger charge is -2.07. The Hall–Kier alpha value is -1.81. The van der Waals surface area contributed by atoms with Crippen molar-refractivity contribution in [3.05, 3.63) is 36.7 Å². The Morgan fingerprint density at radius 3 is 2.94 bits per heavy atom. The molecule has 0 radical (unpaired) electrons. The SMILES string of the molecule is CCOc1ccccc1-c1cnn(CCCO)c1. The van der Waals surface area contributed by atoms with Crippen LogP contribution in [0.2, 0.25) is 0 Å². The van der Waals surface area contributed by atoms with Gasteiger partial charge in [-0.2, -0.15) is 5.10 Å². The molecule has 4 nitrogen and oxygen atoms in total. The smallest absolute Gasteiger partial charge is 0.127 e. The van der Waals surface area contributed by atoms with Gasteiger partial charge in [0.2, 0.25) is 0 Å². The molecule has 1 N–H and O–H groups in total. The molecule has 0 saturated heterocycles. The fourth-order valence-electron chi connectivity index (χ4n) is 1.84. The molecule has 0 fully saturated rings. The first-order chi connectivity index (χ1) is 8.85. The maximum atomic E-state index is 8.80. The first-order valence-corrected chi connectivity index (χ1v) is 6.20. The van der Waals surface area contributed by atoms with E-state index < -0.39 is 0 Å². The van der Waals surface area contributed by atoms with Crippen LogP contribution in [-0.2, 0) is 6.54 Å². The van der Waals surface area contributed by atoms with Crippen LogP contribution in [0.4, 0.5) is 0 Å². The first kappa shape index (κ1) is 12.6. The molecule has 0 atom stereocenters. The van der Waals surface area contributed by atoms with Gasteiger partial charge in [-0.1, -0.05) is 18.2 Å². The Morgan fingerprint density at radius 1 is 1.33 bits per heavy atom. The van der Waals surface area contributed by atoms with Gasteiger partial charge in [0.1, 0.15) is 5.75 Å². The van der Waals surface area contributed by atoms with Crippen molar-refractivity contribution in [2.75, 3.05) is 13.2 Å². The van der Waals surface area contributed by atoms with Gasteiger partial charge in [-0.15, -0.1) is 0 Å². The largest absolute Gasteiger partial charge is 0.493 e. The molecule has 0 unspecified atom stereocenters. The second-order valence-corrected chi connectivity index (χ2v) is 4.00. The number of aryl methyl sites for hydroxylation is 1. The Morgan fingerprint density at radius 2 is 2.17 bits per heavy atom. The average molecular weight is 246 g/mol. The van der Waals surface area contributed by atoms with E-state index in [1.807, 2.05) is 48.3 Å². The summed E-state index contributed by atoms with van der Waals surface area (Å²) < 4.78 is 7.45. The third-order valence-corrected chi connectivity index (χ3v) is 2.68. The van der Waals surface area contributed by atoms with Crippen LogP contribution in [0.25, 0.3) is 11.1 Å². The van der Waals surface area contributed by atoms with Crippen LogP contribution >= 0.6 is 0 Å². The Bertz CT molecular complexity index is 494. The highest BCUT2D eigenvalue weighted by atomic mass is 16.5. The number of nitrogens with zero attached hydrogens (tertiary/aromatic N) is 2. The van der Waals surface area contributed by atoms with Crippen LogP contribution in [-0.4, -0.2) is 28.1 Å². The van der Waals surface area contributed by atoms with Crippen molar-refractivity contribution in [2.45, 2.75) is 19.9 Å². The second kappa shape index (κ2) is 6.21. The minimum absolute atomic E-state index is 0.185. The van der Waals surface area contributed by atoms with Crippen LogP contribution in [0.15, 0.2) is 36.7 Å². The maximum Gasteiger partial charge on any atom is 0.127 e. The predicted octanol–water partition coefficient (Wildman–Crippen LogP) is 2.33. The molecule has 96 valence electrons. The number of benzene rings is 1. The van der Waals surface area contributed by atoms with E-state index in [-0.39, 0.29) is 6.61 Å². The summed E-state index contributed by atoms with van der Waals surface area (Å²) in [4.78, 5) is 0. The highest BCUT2D eigenvalue weighted by Gasteiger charge is 2.07. The fraction of sp³-hybridized carbons (Fsp3) is 0.357. The maximum absolute atomic E-state index is 8.80.